The molecule has 4 rings (SSSR count). The molecule has 1 heterocycles. The number of carbonyl (C=O) groups excluding carboxylic acids is 2. The summed E-state index contributed by atoms with van der Waals surface area (Å²) in [5.74, 6) is -1.85. The van der Waals surface area contributed by atoms with Crippen LogP contribution in [0.15, 0.2) is 47.8 Å². The third-order valence-corrected chi connectivity index (χ3v) is 6.59. The fourth-order valence-electron chi connectivity index (χ4n) is 3.88. The predicted molar refractivity (Wildman–Crippen MR) is 132 cm³/mol. The monoisotopic (exact) mass is 478 g/mol. The van der Waals surface area contributed by atoms with Crippen LogP contribution in [0.5, 0.6) is 0 Å². The van der Waals surface area contributed by atoms with Gasteiger partial charge in [0.15, 0.2) is 0 Å². The standard InChI is InChI=1S/C25H26N4O4S/c1-14(2)21(24(31)32)29-22(30)20-13-34-23(28-20)16-7-9-18(10-8-16)26-25(33)27-19-11-6-15-4-3-5-17(15)12-19/h6-14,21H,3-5H2,1-2H3,(H,29,30)(H,31,32)(H2,26,27,33)/t21-/m0/s1. The van der Waals surface area contributed by atoms with Gasteiger partial charge >= 0.3 is 12.0 Å². The van der Waals surface area contributed by atoms with Gasteiger partial charge in [0.1, 0.15) is 16.7 Å². The largest absolute Gasteiger partial charge is 0.480 e. The second-order valence-corrected chi connectivity index (χ2v) is 9.42. The van der Waals surface area contributed by atoms with E-state index in [2.05, 4.69) is 27.0 Å². The first-order valence-electron chi connectivity index (χ1n) is 11.1. The van der Waals surface area contributed by atoms with Crippen LogP contribution in [0.3, 0.4) is 0 Å². The number of thiazole rings is 1. The smallest absolute Gasteiger partial charge is 0.326 e. The topological polar surface area (TPSA) is 120 Å². The van der Waals surface area contributed by atoms with E-state index in [9.17, 15) is 19.5 Å². The van der Waals surface area contributed by atoms with Crippen molar-refractivity contribution < 1.29 is 19.5 Å². The molecule has 1 aliphatic carbocycles. The molecule has 3 aromatic rings. The van der Waals surface area contributed by atoms with Gasteiger partial charge < -0.3 is 21.1 Å². The Morgan fingerprint density at radius 2 is 1.65 bits per heavy atom. The summed E-state index contributed by atoms with van der Waals surface area (Å²) in [7, 11) is 0. The molecule has 0 aliphatic heterocycles. The molecule has 0 fully saturated rings. The second-order valence-electron chi connectivity index (χ2n) is 8.56. The zero-order chi connectivity index (χ0) is 24.2. The quantitative estimate of drug-likeness (QED) is 0.389. The van der Waals surface area contributed by atoms with Crippen LogP contribution in [0.2, 0.25) is 0 Å². The lowest BCUT2D eigenvalue weighted by Crippen LogP contribution is -2.44. The first-order chi connectivity index (χ1) is 16.3. The van der Waals surface area contributed by atoms with Gasteiger partial charge in [-0.2, -0.15) is 0 Å². The number of hydrogen-bond donors (Lipinski definition) is 4. The molecule has 0 unspecified atom stereocenters. The average Bonchev–Trinajstić information content (AvgIpc) is 3.47. The lowest BCUT2D eigenvalue weighted by molar-refractivity contribution is -0.140. The summed E-state index contributed by atoms with van der Waals surface area (Å²) < 4.78 is 0. The Morgan fingerprint density at radius 1 is 0.971 bits per heavy atom. The van der Waals surface area contributed by atoms with Gasteiger partial charge in [-0.05, 0) is 72.7 Å². The molecule has 4 N–H and O–H groups in total. The van der Waals surface area contributed by atoms with Crippen LogP contribution in [0, 0.1) is 5.92 Å². The van der Waals surface area contributed by atoms with Crippen LogP contribution >= 0.6 is 11.3 Å². The highest BCUT2D eigenvalue weighted by atomic mass is 32.1. The number of rotatable bonds is 7. The molecule has 0 saturated carbocycles. The van der Waals surface area contributed by atoms with Crippen molar-refractivity contribution >= 4 is 40.6 Å². The molecule has 8 nitrogen and oxygen atoms in total. The SMILES string of the molecule is CC(C)[C@H](NC(=O)c1csc(-c2ccc(NC(=O)Nc3ccc4c(c3)CCC4)cc2)n1)C(=O)O. The van der Waals surface area contributed by atoms with Gasteiger partial charge in [-0.3, -0.25) is 4.79 Å². The highest BCUT2D eigenvalue weighted by molar-refractivity contribution is 7.13. The van der Waals surface area contributed by atoms with Gasteiger partial charge in [0.2, 0.25) is 0 Å². The van der Waals surface area contributed by atoms with Crippen molar-refractivity contribution in [3.8, 4) is 10.6 Å². The maximum atomic E-state index is 12.4. The molecule has 2 aromatic carbocycles. The van der Waals surface area contributed by atoms with Crippen molar-refractivity contribution in [1.82, 2.24) is 10.3 Å². The molecule has 1 aromatic heterocycles. The van der Waals surface area contributed by atoms with Crippen LogP contribution in [-0.4, -0.2) is 34.0 Å². The van der Waals surface area contributed by atoms with Gasteiger partial charge in [-0.15, -0.1) is 11.3 Å². The maximum Gasteiger partial charge on any atom is 0.326 e. The molecule has 3 amide bonds. The summed E-state index contributed by atoms with van der Waals surface area (Å²) in [5.41, 5.74) is 4.99. The minimum absolute atomic E-state index is 0.169. The Bertz CT molecular complexity index is 1220. The lowest BCUT2D eigenvalue weighted by Gasteiger charge is -2.16. The summed E-state index contributed by atoms with van der Waals surface area (Å²) in [5, 5.41) is 19.7. The van der Waals surface area contributed by atoms with Gasteiger partial charge in [0.25, 0.3) is 5.91 Å². The van der Waals surface area contributed by atoms with Crippen molar-refractivity contribution in [2.75, 3.05) is 10.6 Å². The summed E-state index contributed by atoms with van der Waals surface area (Å²) in [6.07, 6.45) is 3.30. The number of nitrogens with one attached hydrogen (secondary N) is 3. The van der Waals surface area contributed by atoms with Gasteiger partial charge in [-0.1, -0.05) is 19.9 Å². The maximum absolute atomic E-state index is 12.4. The minimum Gasteiger partial charge on any atom is -0.480 e. The molecule has 9 heteroatoms. The van der Waals surface area contributed by atoms with E-state index in [0.717, 1.165) is 30.5 Å². The lowest BCUT2D eigenvalue weighted by atomic mass is 10.0. The van der Waals surface area contributed by atoms with E-state index in [1.807, 2.05) is 12.1 Å². The number of amides is 3. The molecule has 0 spiro atoms. The Balaban J connectivity index is 1.36. The van der Waals surface area contributed by atoms with E-state index < -0.39 is 17.9 Å². The van der Waals surface area contributed by atoms with Gasteiger partial charge in [-0.25, -0.2) is 14.6 Å². The molecule has 1 atom stereocenters. The van der Waals surface area contributed by atoms with Crippen LogP contribution in [0.4, 0.5) is 16.2 Å². The van der Waals surface area contributed by atoms with Gasteiger partial charge in [0, 0.05) is 22.3 Å². The Morgan fingerprint density at radius 3 is 2.35 bits per heavy atom. The summed E-state index contributed by atoms with van der Waals surface area (Å²) >= 11 is 1.29. The van der Waals surface area contributed by atoms with E-state index in [4.69, 9.17) is 0 Å². The van der Waals surface area contributed by atoms with Crippen molar-refractivity contribution in [3.63, 3.8) is 0 Å². The van der Waals surface area contributed by atoms with Crippen LogP contribution in [0.1, 0.15) is 41.9 Å². The first kappa shape index (κ1) is 23.4. The molecular weight excluding hydrogens is 452 g/mol. The number of nitrogens with zero attached hydrogens (tertiary/aromatic N) is 1. The third-order valence-electron chi connectivity index (χ3n) is 5.70. The van der Waals surface area contributed by atoms with Crippen molar-refractivity contribution in [1.29, 1.82) is 0 Å². The first-order valence-corrected chi connectivity index (χ1v) is 12.0. The molecule has 34 heavy (non-hydrogen) atoms. The number of carbonyl (C=O) groups is 3. The average molecular weight is 479 g/mol. The molecular formula is C25H26N4O4S. The van der Waals surface area contributed by atoms with Gasteiger partial charge in [0.05, 0.1) is 0 Å². The fourth-order valence-corrected chi connectivity index (χ4v) is 4.68. The number of hydrogen-bond acceptors (Lipinski definition) is 5. The van der Waals surface area contributed by atoms with E-state index in [1.54, 1.807) is 43.5 Å². The van der Waals surface area contributed by atoms with Crippen LogP contribution < -0.4 is 16.0 Å². The van der Waals surface area contributed by atoms with E-state index in [-0.39, 0.29) is 17.6 Å². The Kier molecular flexibility index (Phi) is 6.93. The van der Waals surface area contributed by atoms with E-state index in [0.29, 0.717) is 10.7 Å². The normalized spacial score (nSPS) is 13.3. The van der Waals surface area contributed by atoms with E-state index >= 15 is 0 Å². The molecule has 0 radical (unpaired) electrons. The summed E-state index contributed by atoms with van der Waals surface area (Å²) in [6.45, 7) is 3.46. The molecule has 0 saturated heterocycles. The molecule has 1 aliphatic rings. The zero-order valence-electron chi connectivity index (χ0n) is 18.9. The number of carboxylic acids is 1. The zero-order valence-corrected chi connectivity index (χ0v) is 19.7. The Hall–Kier alpha value is -3.72. The van der Waals surface area contributed by atoms with Crippen molar-refractivity contribution in [2.24, 2.45) is 5.92 Å². The Labute approximate surface area is 201 Å². The van der Waals surface area contributed by atoms with Crippen LogP contribution in [0.25, 0.3) is 10.6 Å². The van der Waals surface area contributed by atoms with Crippen molar-refractivity contribution in [3.05, 3.63) is 64.7 Å². The third kappa shape index (κ3) is 5.43. The molecule has 176 valence electrons. The summed E-state index contributed by atoms with van der Waals surface area (Å²) in [4.78, 5) is 40.5. The molecule has 0 bridgehead atoms. The highest BCUT2D eigenvalue weighted by Crippen LogP contribution is 2.26. The minimum atomic E-state index is -1.08. The number of anilines is 2. The second kappa shape index (κ2) is 10.0. The number of aromatic nitrogens is 1. The van der Waals surface area contributed by atoms with Crippen LogP contribution in [-0.2, 0) is 17.6 Å². The predicted octanol–water partition coefficient (Wildman–Crippen LogP) is 4.78. The number of carboxylic acid groups (broad SMARTS) is 1. The fraction of sp³-hybridized carbons (Fsp3) is 0.280. The van der Waals surface area contributed by atoms with Crippen molar-refractivity contribution in [2.45, 2.75) is 39.2 Å². The number of fused-ring (bicyclic) bond motifs is 1. The number of urea groups is 1. The number of benzene rings is 2. The summed E-state index contributed by atoms with van der Waals surface area (Å²) in [6, 6.07) is 11.8. The number of aryl methyl sites for hydroxylation is 2. The highest BCUT2D eigenvalue weighted by Gasteiger charge is 2.25. The number of aliphatic carboxylic acids is 1. The van der Waals surface area contributed by atoms with E-state index in [1.165, 1.54) is 22.5 Å².